The standard InChI is InChI=1S/C10H13O.K/c1-2-6-10(11)9-7-4-3-5-8-9;/h3-5,7-8,10H,2,6H2,1H3;/q-1;+1. The Morgan fingerprint density at radius 3 is 2.33 bits per heavy atom. The minimum atomic E-state index is -0.527. The molecule has 12 heavy (non-hydrogen) atoms. The Labute approximate surface area is 117 Å². The summed E-state index contributed by atoms with van der Waals surface area (Å²) < 4.78 is 0. The first-order valence-electron chi connectivity index (χ1n) is 4.05. The summed E-state index contributed by atoms with van der Waals surface area (Å²) >= 11 is 0. The molecule has 2 heteroatoms. The molecular weight excluding hydrogens is 175 g/mol. The van der Waals surface area contributed by atoms with E-state index >= 15 is 0 Å². The van der Waals surface area contributed by atoms with Crippen LogP contribution in [0.5, 0.6) is 0 Å². The van der Waals surface area contributed by atoms with Crippen LogP contribution in [-0.4, -0.2) is 0 Å². The van der Waals surface area contributed by atoms with E-state index in [0.717, 1.165) is 18.4 Å². The smallest absolute Gasteiger partial charge is 0.849 e. The predicted molar refractivity (Wildman–Crippen MR) is 44.1 cm³/mol. The molecule has 0 radical (unpaired) electrons. The fraction of sp³-hybridized carbons (Fsp3) is 0.400. The number of hydrogen-bond acceptors (Lipinski definition) is 1. The summed E-state index contributed by atoms with van der Waals surface area (Å²) in [6.07, 6.45) is 1.17. The number of rotatable bonds is 3. The van der Waals surface area contributed by atoms with Crippen molar-refractivity contribution in [1.29, 1.82) is 0 Å². The summed E-state index contributed by atoms with van der Waals surface area (Å²) in [5.41, 5.74) is 0.911. The molecule has 1 unspecified atom stereocenters. The van der Waals surface area contributed by atoms with E-state index in [4.69, 9.17) is 0 Å². The molecule has 0 amide bonds. The van der Waals surface area contributed by atoms with Gasteiger partial charge in [-0.25, -0.2) is 0 Å². The number of hydrogen-bond donors (Lipinski definition) is 0. The molecule has 0 saturated heterocycles. The molecule has 0 aliphatic carbocycles. The zero-order valence-electron chi connectivity index (χ0n) is 7.79. The van der Waals surface area contributed by atoms with Gasteiger partial charge in [0.15, 0.2) is 0 Å². The third-order valence-corrected chi connectivity index (χ3v) is 1.72. The summed E-state index contributed by atoms with van der Waals surface area (Å²) in [5.74, 6) is 0. The van der Waals surface area contributed by atoms with Gasteiger partial charge >= 0.3 is 51.4 Å². The summed E-state index contributed by atoms with van der Waals surface area (Å²) in [6.45, 7) is 2.04. The Kier molecular flexibility index (Phi) is 7.73. The van der Waals surface area contributed by atoms with E-state index in [1.807, 2.05) is 37.3 Å². The van der Waals surface area contributed by atoms with Crippen LogP contribution in [0, 0.1) is 0 Å². The van der Waals surface area contributed by atoms with Gasteiger partial charge in [-0.05, 0) is 0 Å². The Morgan fingerprint density at radius 2 is 1.83 bits per heavy atom. The Hall–Kier alpha value is 0.816. The van der Waals surface area contributed by atoms with Crippen LogP contribution in [0.1, 0.15) is 31.4 Å². The average molecular weight is 188 g/mol. The van der Waals surface area contributed by atoms with Gasteiger partial charge in [0, 0.05) is 0 Å². The van der Waals surface area contributed by atoms with Gasteiger partial charge in [-0.15, -0.1) is 6.10 Å². The largest absolute Gasteiger partial charge is 1.00 e. The van der Waals surface area contributed by atoms with Gasteiger partial charge in [0.2, 0.25) is 0 Å². The molecule has 1 atom stereocenters. The van der Waals surface area contributed by atoms with E-state index in [0.29, 0.717) is 0 Å². The average Bonchev–Trinajstić information content (AvgIpc) is 2.07. The van der Waals surface area contributed by atoms with Crippen molar-refractivity contribution in [1.82, 2.24) is 0 Å². The Bertz CT molecular complexity index is 198. The zero-order valence-corrected chi connectivity index (χ0v) is 10.9. The summed E-state index contributed by atoms with van der Waals surface area (Å²) in [4.78, 5) is 0. The zero-order chi connectivity index (χ0) is 8.10. The van der Waals surface area contributed by atoms with Gasteiger partial charge < -0.3 is 5.11 Å². The van der Waals surface area contributed by atoms with Crippen LogP contribution >= 0.6 is 0 Å². The van der Waals surface area contributed by atoms with Crippen LogP contribution in [0.25, 0.3) is 0 Å². The number of benzene rings is 1. The van der Waals surface area contributed by atoms with Crippen LogP contribution in [-0.2, 0) is 0 Å². The van der Waals surface area contributed by atoms with Gasteiger partial charge in [0.25, 0.3) is 0 Å². The second-order valence-electron chi connectivity index (χ2n) is 2.69. The maximum absolute atomic E-state index is 11.3. The van der Waals surface area contributed by atoms with Crippen molar-refractivity contribution in [2.45, 2.75) is 25.9 Å². The van der Waals surface area contributed by atoms with Crippen LogP contribution in [0.2, 0.25) is 0 Å². The van der Waals surface area contributed by atoms with E-state index in [1.165, 1.54) is 0 Å². The summed E-state index contributed by atoms with van der Waals surface area (Å²) in [5, 5.41) is 11.3. The van der Waals surface area contributed by atoms with Crippen LogP contribution in [0.3, 0.4) is 0 Å². The van der Waals surface area contributed by atoms with Crippen molar-refractivity contribution in [3.05, 3.63) is 35.9 Å². The molecule has 1 aromatic carbocycles. The topological polar surface area (TPSA) is 23.1 Å². The Balaban J connectivity index is 0.00000121. The molecule has 0 heterocycles. The normalized spacial score (nSPS) is 11.8. The summed E-state index contributed by atoms with van der Waals surface area (Å²) in [7, 11) is 0. The van der Waals surface area contributed by atoms with Gasteiger partial charge in [0.1, 0.15) is 0 Å². The van der Waals surface area contributed by atoms with Gasteiger partial charge in [-0.1, -0.05) is 55.7 Å². The molecule has 0 saturated carbocycles. The molecule has 1 rings (SSSR count). The molecule has 0 aliphatic rings. The molecular formula is C10H13KO. The SMILES string of the molecule is CCCC([O-])c1ccccc1.[K+]. The van der Waals surface area contributed by atoms with E-state index in [-0.39, 0.29) is 51.4 Å². The van der Waals surface area contributed by atoms with Crippen LogP contribution in [0.15, 0.2) is 30.3 Å². The van der Waals surface area contributed by atoms with Crippen molar-refractivity contribution in [2.75, 3.05) is 0 Å². The molecule has 1 nitrogen and oxygen atoms in total. The maximum atomic E-state index is 11.3. The molecule has 0 bridgehead atoms. The Morgan fingerprint density at radius 1 is 1.25 bits per heavy atom. The van der Waals surface area contributed by atoms with Gasteiger partial charge in [-0.3, -0.25) is 0 Å². The molecule has 1 aromatic rings. The minimum Gasteiger partial charge on any atom is -0.849 e. The van der Waals surface area contributed by atoms with Gasteiger partial charge in [0.05, 0.1) is 0 Å². The fourth-order valence-corrected chi connectivity index (χ4v) is 1.10. The minimum absolute atomic E-state index is 0. The van der Waals surface area contributed by atoms with Crippen molar-refractivity contribution in [2.24, 2.45) is 0 Å². The molecule has 60 valence electrons. The third kappa shape index (κ3) is 4.17. The molecule has 0 spiro atoms. The first-order chi connectivity index (χ1) is 5.34. The van der Waals surface area contributed by atoms with Gasteiger partial charge in [-0.2, -0.15) is 0 Å². The maximum Gasteiger partial charge on any atom is 1.00 e. The quantitative estimate of drug-likeness (QED) is 0.552. The monoisotopic (exact) mass is 188 g/mol. The first kappa shape index (κ1) is 12.8. The molecule has 0 fully saturated rings. The summed E-state index contributed by atoms with van der Waals surface area (Å²) in [6, 6.07) is 9.55. The van der Waals surface area contributed by atoms with E-state index in [9.17, 15) is 5.11 Å². The van der Waals surface area contributed by atoms with E-state index in [1.54, 1.807) is 0 Å². The van der Waals surface area contributed by atoms with E-state index in [2.05, 4.69) is 0 Å². The van der Waals surface area contributed by atoms with Crippen LogP contribution < -0.4 is 56.5 Å². The second kappa shape index (κ2) is 7.24. The fourth-order valence-electron chi connectivity index (χ4n) is 1.10. The third-order valence-electron chi connectivity index (χ3n) is 1.72. The molecule has 0 aromatic heterocycles. The second-order valence-corrected chi connectivity index (χ2v) is 2.69. The van der Waals surface area contributed by atoms with Crippen molar-refractivity contribution in [3.8, 4) is 0 Å². The van der Waals surface area contributed by atoms with Crippen molar-refractivity contribution < 1.29 is 56.5 Å². The molecule has 0 N–H and O–H groups in total. The first-order valence-corrected chi connectivity index (χ1v) is 4.05. The van der Waals surface area contributed by atoms with E-state index < -0.39 is 6.10 Å². The predicted octanol–water partition coefficient (Wildman–Crippen LogP) is -1.11. The van der Waals surface area contributed by atoms with Crippen LogP contribution in [0.4, 0.5) is 0 Å². The van der Waals surface area contributed by atoms with Crippen molar-refractivity contribution in [3.63, 3.8) is 0 Å². The molecule has 0 aliphatic heterocycles. The van der Waals surface area contributed by atoms with Crippen molar-refractivity contribution >= 4 is 0 Å².